The molecule has 2 nitrogen and oxygen atoms in total. The topological polar surface area (TPSA) is 35.2 Å². The predicted octanol–water partition coefficient (Wildman–Crippen LogP) is 3.87. The van der Waals surface area contributed by atoms with E-state index in [0.717, 1.165) is 6.07 Å². The molecule has 0 saturated carbocycles. The van der Waals surface area contributed by atoms with E-state index in [-0.39, 0.29) is 12.0 Å². The molecular formula is C15H14ClF2NO. The Balaban J connectivity index is 2.28. The summed E-state index contributed by atoms with van der Waals surface area (Å²) in [5, 5.41) is 0.523. The van der Waals surface area contributed by atoms with E-state index in [1.165, 1.54) is 19.2 Å². The van der Waals surface area contributed by atoms with Gasteiger partial charge in [0.05, 0.1) is 7.11 Å². The molecule has 0 fully saturated rings. The van der Waals surface area contributed by atoms with Gasteiger partial charge in [0, 0.05) is 16.6 Å². The minimum absolute atomic E-state index is 0.168. The van der Waals surface area contributed by atoms with Crippen molar-refractivity contribution in [1.82, 2.24) is 0 Å². The number of methoxy groups -OCH3 is 1. The molecule has 0 amide bonds. The molecule has 1 atom stereocenters. The molecule has 0 aliphatic heterocycles. The second-order valence-corrected chi connectivity index (χ2v) is 4.85. The van der Waals surface area contributed by atoms with E-state index in [1.807, 2.05) is 0 Å². The van der Waals surface area contributed by atoms with Crippen LogP contribution in [0.5, 0.6) is 5.75 Å². The third-order valence-corrected chi connectivity index (χ3v) is 3.30. The number of benzene rings is 2. The number of hydrogen-bond acceptors (Lipinski definition) is 2. The van der Waals surface area contributed by atoms with Crippen LogP contribution in [-0.4, -0.2) is 7.11 Å². The van der Waals surface area contributed by atoms with Crippen LogP contribution in [0.3, 0.4) is 0 Å². The molecule has 0 heterocycles. The molecule has 0 bridgehead atoms. The maximum absolute atomic E-state index is 13.6. The van der Waals surface area contributed by atoms with Crippen molar-refractivity contribution in [3.63, 3.8) is 0 Å². The van der Waals surface area contributed by atoms with Gasteiger partial charge in [-0.05, 0) is 30.2 Å². The predicted molar refractivity (Wildman–Crippen MR) is 75.0 cm³/mol. The lowest BCUT2D eigenvalue weighted by atomic mass is 9.98. The minimum atomic E-state index is -0.877. The number of rotatable bonds is 4. The second-order valence-electron chi connectivity index (χ2n) is 4.41. The molecule has 1 unspecified atom stereocenters. The highest BCUT2D eigenvalue weighted by Gasteiger charge is 2.16. The third kappa shape index (κ3) is 3.08. The zero-order valence-corrected chi connectivity index (χ0v) is 11.6. The highest BCUT2D eigenvalue weighted by molar-refractivity contribution is 6.30. The Bertz CT molecular complexity index is 619. The molecule has 0 spiro atoms. The SMILES string of the molecule is COc1cc(Cl)ccc1C(N)Cc1cccc(F)c1F. The first-order chi connectivity index (χ1) is 9.52. The van der Waals surface area contributed by atoms with E-state index >= 15 is 0 Å². The molecule has 2 aromatic rings. The van der Waals surface area contributed by atoms with Gasteiger partial charge in [0.25, 0.3) is 0 Å². The second kappa shape index (κ2) is 6.20. The third-order valence-electron chi connectivity index (χ3n) is 3.07. The summed E-state index contributed by atoms with van der Waals surface area (Å²) in [5.74, 6) is -1.21. The van der Waals surface area contributed by atoms with Crippen LogP contribution in [0.1, 0.15) is 17.2 Å². The normalized spacial score (nSPS) is 12.2. The van der Waals surface area contributed by atoms with Crippen LogP contribution < -0.4 is 10.5 Å². The maximum Gasteiger partial charge on any atom is 0.162 e. The fraction of sp³-hybridized carbons (Fsp3) is 0.200. The highest BCUT2D eigenvalue weighted by Crippen LogP contribution is 2.29. The first-order valence-electron chi connectivity index (χ1n) is 6.05. The van der Waals surface area contributed by atoms with Crippen molar-refractivity contribution in [3.05, 3.63) is 64.2 Å². The molecule has 20 heavy (non-hydrogen) atoms. The van der Waals surface area contributed by atoms with Crippen LogP contribution in [-0.2, 0) is 6.42 Å². The molecule has 2 rings (SSSR count). The lowest BCUT2D eigenvalue weighted by Gasteiger charge is -2.16. The van der Waals surface area contributed by atoms with E-state index in [9.17, 15) is 8.78 Å². The molecular weight excluding hydrogens is 284 g/mol. The molecule has 0 aliphatic rings. The average molecular weight is 298 g/mol. The summed E-state index contributed by atoms with van der Waals surface area (Å²) in [6, 6.07) is 8.58. The van der Waals surface area contributed by atoms with Crippen LogP contribution >= 0.6 is 11.6 Å². The number of hydrogen-bond donors (Lipinski definition) is 1. The zero-order valence-electron chi connectivity index (χ0n) is 10.9. The van der Waals surface area contributed by atoms with Crippen molar-refractivity contribution in [2.45, 2.75) is 12.5 Å². The largest absolute Gasteiger partial charge is 0.496 e. The van der Waals surface area contributed by atoms with Gasteiger partial charge in [0.2, 0.25) is 0 Å². The maximum atomic E-state index is 13.6. The highest BCUT2D eigenvalue weighted by atomic mass is 35.5. The van der Waals surface area contributed by atoms with E-state index in [1.54, 1.807) is 18.2 Å². The molecule has 0 radical (unpaired) electrons. The summed E-state index contributed by atoms with van der Waals surface area (Å²) in [7, 11) is 1.50. The van der Waals surface area contributed by atoms with Crippen molar-refractivity contribution < 1.29 is 13.5 Å². The Kier molecular flexibility index (Phi) is 4.57. The van der Waals surface area contributed by atoms with Crippen molar-refractivity contribution in [2.24, 2.45) is 5.73 Å². The first kappa shape index (κ1) is 14.8. The van der Waals surface area contributed by atoms with Crippen molar-refractivity contribution in [2.75, 3.05) is 7.11 Å². The summed E-state index contributed by atoms with van der Waals surface area (Å²) >= 11 is 5.88. The Labute approximate surface area is 121 Å². The monoisotopic (exact) mass is 297 g/mol. The van der Waals surface area contributed by atoms with Crippen molar-refractivity contribution in [3.8, 4) is 5.75 Å². The first-order valence-corrected chi connectivity index (χ1v) is 6.42. The number of nitrogens with two attached hydrogens (primary N) is 1. The molecule has 2 aromatic carbocycles. The molecule has 0 aromatic heterocycles. The van der Waals surface area contributed by atoms with E-state index in [0.29, 0.717) is 16.3 Å². The Morgan fingerprint density at radius 2 is 2.00 bits per heavy atom. The summed E-state index contributed by atoms with van der Waals surface area (Å²) in [4.78, 5) is 0. The van der Waals surface area contributed by atoms with E-state index in [4.69, 9.17) is 22.1 Å². The van der Waals surface area contributed by atoms with Crippen LogP contribution in [0.4, 0.5) is 8.78 Å². The van der Waals surface area contributed by atoms with E-state index in [2.05, 4.69) is 0 Å². The van der Waals surface area contributed by atoms with Gasteiger partial charge in [-0.25, -0.2) is 8.78 Å². The summed E-state index contributed by atoms with van der Waals surface area (Å²) in [5.41, 5.74) is 6.99. The Hall–Kier alpha value is -1.65. The Morgan fingerprint density at radius 1 is 1.25 bits per heavy atom. The molecule has 0 saturated heterocycles. The fourth-order valence-electron chi connectivity index (χ4n) is 2.04. The van der Waals surface area contributed by atoms with Gasteiger partial charge >= 0.3 is 0 Å². The molecule has 2 N–H and O–H groups in total. The summed E-state index contributed by atoms with van der Waals surface area (Å²) in [6.45, 7) is 0. The van der Waals surface area contributed by atoms with Crippen LogP contribution in [0.25, 0.3) is 0 Å². The van der Waals surface area contributed by atoms with Gasteiger partial charge in [0.1, 0.15) is 5.75 Å². The van der Waals surface area contributed by atoms with Gasteiger partial charge in [-0.3, -0.25) is 0 Å². The van der Waals surface area contributed by atoms with Crippen LogP contribution in [0.2, 0.25) is 5.02 Å². The average Bonchev–Trinajstić information content (AvgIpc) is 2.43. The minimum Gasteiger partial charge on any atom is -0.496 e. The van der Waals surface area contributed by atoms with Gasteiger partial charge in [0.15, 0.2) is 11.6 Å². The van der Waals surface area contributed by atoms with Crippen LogP contribution in [0, 0.1) is 11.6 Å². The van der Waals surface area contributed by atoms with Gasteiger partial charge in [-0.15, -0.1) is 0 Å². The molecule has 106 valence electrons. The van der Waals surface area contributed by atoms with Gasteiger partial charge < -0.3 is 10.5 Å². The summed E-state index contributed by atoms with van der Waals surface area (Å²) in [6.07, 6.45) is 0.168. The van der Waals surface area contributed by atoms with E-state index < -0.39 is 17.7 Å². The fourth-order valence-corrected chi connectivity index (χ4v) is 2.21. The smallest absolute Gasteiger partial charge is 0.162 e. The molecule has 5 heteroatoms. The molecule has 0 aliphatic carbocycles. The van der Waals surface area contributed by atoms with Gasteiger partial charge in [-0.2, -0.15) is 0 Å². The lowest BCUT2D eigenvalue weighted by Crippen LogP contribution is -2.15. The van der Waals surface area contributed by atoms with Crippen LogP contribution in [0.15, 0.2) is 36.4 Å². The summed E-state index contributed by atoms with van der Waals surface area (Å²) < 4.78 is 32.0. The van der Waals surface area contributed by atoms with Crippen molar-refractivity contribution >= 4 is 11.6 Å². The zero-order chi connectivity index (χ0) is 14.7. The number of ether oxygens (including phenoxy) is 1. The van der Waals surface area contributed by atoms with Gasteiger partial charge in [-0.1, -0.05) is 29.8 Å². The van der Waals surface area contributed by atoms with Crippen molar-refractivity contribution in [1.29, 1.82) is 0 Å². The Morgan fingerprint density at radius 3 is 2.70 bits per heavy atom. The quantitative estimate of drug-likeness (QED) is 0.930. The lowest BCUT2D eigenvalue weighted by molar-refractivity contribution is 0.405. The number of halogens is 3. The standard InChI is InChI=1S/C15H14ClF2NO/c1-20-14-8-10(16)5-6-11(14)13(19)7-9-3-2-4-12(17)15(9)18/h2-6,8,13H,7,19H2,1H3.